The summed E-state index contributed by atoms with van der Waals surface area (Å²) >= 11 is 0. The molecule has 0 spiro atoms. The molecule has 2 aromatic heterocycles. The smallest absolute Gasteiger partial charge is 0.227 e. The molecule has 1 fully saturated rings. The maximum Gasteiger partial charge on any atom is 0.227 e. The Morgan fingerprint density at radius 2 is 2.00 bits per heavy atom. The Hall–Kier alpha value is -3.42. The molecule has 3 aromatic rings. The number of aromatic nitrogens is 3. The Balaban J connectivity index is 1.64. The number of carbonyl (C=O) groups excluding carboxylic acids is 1. The molecule has 0 saturated carbocycles. The number of nitrogens with zero attached hydrogens (tertiary/aromatic N) is 5. The number of carbonyl (C=O) groups is 1. The quantitative estimate of drug-likeness (QED) is 0.536. The van der Waals surface area contributed by atoms with Crippen molar-refractivity contribution in [3.63, 3.8) is 0 Å². The fourth-order valence-corrected chi connectivity index (χ4v) is 4.19. The fraction of sp³-hybridized carbons (Fsp3) is 0.440. The molecule has 8 nitrogen and oxygen atoms in total. The highest BCUT2D eigenvalue weighted by Crippen LogP contribution is 2.38. The lowest BCUT2D eigenvalue weighted by Crippen LogP contribution is -2.32. The van der Waals surface area contributed by atoms with E-state index in [1.165, 1.54) is 0 Å². The zero-order valence-electron chi connectivity index (χ0n) is 20.0. The molecular formula is C25H31N5O3. The Kier molecular flexibility index (Phi) is 6.62. The summed E-state index contributed by atoms with van der Waals surface area (Å²) in [5.41, 5.74) is 4.37. The van der Waals surface area contributed by atoms with Gasteiger partial charge in [0.25, 0.3) is 0 Å². The molecule has 1 atom stereocenters. The van der Waals surface area contributed by atoms with Crippen LogP contribution in [-0.2, 0) is 11.2 Å². The van der Waals surface area contributed by atoms with Crippen LogP contribution in [0.3, 0.4) is 0 Å². The Labute approximate surface area is 194 Å². The predicted molar refractivity (Wildman–Crippen MR) is 126 cm³/mol. The van der Waals surface area contributed by atoms with Crippen LogP contribution in [0.1, 0.15) is 48.3 Å². The van der Waals surface area contributed by atoms with Gasteiger partial charge in [0.1, 0.15) is 5.75 Å². The molecule has 0 aliphatic carbocycles. The molecule has 8 heteroatoms. The van der Waals surface area contributed by atoms with Gasteiger partial charge in [0.15, 0.2) is 5.76 Å². The molecular weight excluding hydrogens is 418 g/mol. The van der Waals surface area contributed by atoms with E-state index in [2.05, 4.69) is 10.1 Å². The van der Waals surface area contributed by atoms with Crippen LogP contribution in [0.15, 0.2) is 35.0 Å². The number of benzene rings is 1. The minimum Gasteiger partial charge on any atom is -0.494 e. The maximum absolute atomic E-state index is 13.4. The Morgan fingerprint density at radius 3 is 2.64 bits per heavy atom. The van der Waals surface area contributed by atoms with E-state index in [1.54, 1.807) is 6.20 Å². The minimum absolute atomic E-state index is 0.0862. The van der Waals surface area contributed by atoms with Gasteiger partial charge in [-0.2, -0.15) is 0 Å². The van der Waals surface area contributed by atoms with E-state index in [9.17, 15) is 4.79 Å². The molecule has 1 saturated heterocycles. The van der Waals surface area contributed by atoms with Crippen LogP contribution < -0.4 is 9.64 Å². The van der Waals surface area contributed by atoms with Gasteiger partial charge in [-0.3, -0.25) is 4.79 Å². The van der Waals surface area contributed by atoms with E-state index in [0.29, 0.717) is 31.3 Å². The lowest BCUT2D eigenvalue weighted by atomic mass is 10.0. The normalized spacial score (nSPS) is 15.7. The standard InChI is InChI=1S/C25H31N5O3/c1-6-32-19-11-9-18(10-12-19)14-22(31)30-13-7-8-21(30)23-20(15-26-25(27-23)29(4)5)24-16(2)17(3)28-33-24/h9-12,15,21H,6-8,13-14H2,1-5H3/t21-/m1/s1. The van der Waals surface area contributed by atoms with Crippen molar-refractivity contribution in [1.82, 2.24) is 20.0 Å². The first-order valence-electron chi connectivity index (χ1n) is 11.4. The van der Waals surface area contributed by atoms with Gasteiger partial charge in [-0.15, -0.1) is 0 Å². The average molecular weight is 450 g/mol. The number of hydrogen-bond donors (Lipinski definition) is 0. The van der Waals surface area contributed by atoms with Gasteiger partial charge in [-0.05, 0) is 51.3 Å². The highest BCUT2D eigenvalue weighted by Gasteiger charge is 2.34. The van der Waals surface area contributed by atoms with Crippen LogP contribution >= 0.6 is 0 Å². The third-order valence-corrected chi connectivity index (χ3v) is 6.09. The van der Waals surface area contributed by atoms with Crippen molar-refractivity contribution in [3.05, 3.63) is 53.0 Å². The first-order chi connectivity index (χ1) is 15.9. The summed E-state index contributed by atoms with van der Waals surface area (Å²) in [4.78, 5) is 26.5. The van der Waals surface area contributed by atoms with Crippen LogP contribution in [0.5, 0.6) is 5.75 Å². The van der Waals surface area contributed by atoms with Gasteiger partial charge < -0.3 is 19.1 Å². The zero-order chi connectivity index (χ0) is 23.5. The summed E-state index contributed by atoms with van der Waals surface area (Å²) in [5.74, 6) is 2.17. The number of amides is 1. The summed E-state index contributed by atoms with van der Waals surface area (Å²) in [6, 6.07) is 7.59. The number of aryl methyl sites for hydroxylation is 1. The van der Waals surface area contributed by atoms with Crippen LogP contribution in [0.25, 0.3) is 11.3 Å². The summed E-state index contributed by atoms with van der Waals surface area (Å²) in [6.07, 6.45) is 3.90. The second kappa shape index (κ2) is 9.60. The van der Waals surface area contributed by atoms with Crippen LogP contribution in [0, 0.1) is 13.8 Å². The Morgan fingerprint density at radius 1 is 1.24 bits per heavy atom. The summed E-state index contributed by atoms with van der Waals surface area (Å²) in [6.45, 7) is 7.17. The largest absolute Gasteiger partial charge is 0.494 e. The molecule has 1 amide bonds. The molecule has 33 heavy (non-hydrogen) atoms. The topological polar surface area (TPSA) is 84.6 Å². The second-order valence-electron chi connectivity index (χ2n) is 8.58. The molecule has 0 unspecified atom stereocenters. The van der Waals surface area contributed by atoms with Crippen LogP contribution in [0.2, 0.25) is 0 Å². The van der Waals surface area contributed by atoms with Gasteiger partial charge in [0.05, 0.1) is 36.0 Å². The first-order valence-corrected chi connectivity index (χ1v) is 11.4. The van der Waals surface area contributed by atoms with Crippen molar-refractivity contribution < 1.29 is 14.1 Å². The van der Waals surface area contributed by atoms with Gasteiger partial charge in [0.2, 0.25) is 11.9 Å². The van der Waals surface area contributed by atoms with E-state index in [-0.39, 0.29) is 11.9 Å². The molecule has 1 aliphatic heterocycles. The van der Waals surface area contributed by atoms with E-state index >= 15 is 0 Å². The van der Waals surface area contributed by atoms with Crippen molar-refractivity contribution in [2.24, 2.45) is 0 Å². The minimum atomic E-state index is -0.137. The SMILES string of the molecule is CCOc1ccc(CC(=O)N2CCC[C@@H]2c2nc(N(C)C)ncc2-c2onc(C)c2C)cc1. The van der Waals surface area contributed by atoms with E-state index < -0.39 is 0 Å². The average Bonchev–Trinajstić information content (AvgIpc) is 3.42. The Bertz CT molecular complexity index is 1120. The number of rotatable bonds is 7. The highest BCUT2D eigenvalue weighted by molar-refractivity contribution is 5.80. The molecule has 3 heterocycles. The number of likely N-dealkylation sites (tertiary alicyclic amines) is 1. The third-order valence-electron chi connectivity index (χ3n) is 6.09. The summed E-state index contributed by atoms with van der Waals surface area (Å²) in [7, 11) is 3.82. The molecule has 0 N–H and O–H groups in total. The van der Waals surface area contributed by atoms with Crippen molar-refractivity contribution >= 4 is 11.9 Å². The summed E-state index contributed by atoms with van der Waals surface area (Å²) in [5, 5.41) is 4.12. The van der Waals surface area contributed by atoms with Crippen LogP contribution in [0.4, 0.5) is 5.95 Å². The van der Waals surface area contributed by atoms with E-state index in [4.69, 9.17) is 14.2 Å². The maximum atomic E-state index is 13.4. The van der Waals surface area contributed by atoms with E-state index in [0.717, 1.165) is 46.7 Å². The molecule has 1 aromatic carbocycles. The highest BCUT2D eigenvalue weighted by atomic mass is 16.5. The van der Waals surface area contributed by atoms with Crippen molar-refractivity contribution in [2.45, 2.75) is 46.1 Å². The van der Waals surface area contributed by atoms with Crippen molar-refractivity contribution in [1.29, 1.82) is 0 Å². The first kappa shape index (κ1) is 22.8. The molecule has 0 radical (unpaired) electrons. The number of anilines is 1. The zero-order valence-corrected chi connectivity index (χ0v) is 20.0. The predicted octanol–water partition coefficient (Wildman–Crippen LogP) is 4.12. The lowest BCUT2D eigenvalue weighted by Gasteiger charge is -2.26. The molecule has 1 aliphatic rings. The van der Waals surface area contributed by atoms with Crippen molar-refractivity contribution in [3.8, 4) is 17.1 Å². The summed E-state index contributed by atoms with van der Waals surface area (Å²) < 4.78 is 11.2. The van der Waals surface area contributed by atoms with Gasteiger partial charge in [-0.1, -0.05) is 17.3 Å². The van der Waals surface area contributed by atoms with Crippen molar-refractivity contribution in [2.75, 3.05) is 32.1 Å². The molecule has 4 rings (SSSR count). The van der Waals surface area contributed by atoms with E-state index in [1.807, 2.05) is 68.9 Å². The van der Waals surface area contributed by atoms with Gasteiger partial charge in [-0.25, -0.2) is 9.97 Å². The number of hydrogen-bond acceptors (Lipinski definition) is 7. The monoisotopic (exact) mass is 449 g/mol. The fourth-order valence-electron chi connectivity index (χ4n) is 4.19. The molecule has 0 bridgehead atoms. The van der Waals surface area contributed by atoms with Gasteiger partial charge in [0, 0.05) is 32.4 Å². The second-order valence-corrected chi connectivity index (χ2v) is 8.58. The number of ether oxygens (including phenoxy) is 1. The lowest BCUT2D eigenvalue weighted by molar-refractivity contribution is -0.131. The van der Waals surface area contributed by atoms with Gasteiger partial charge >= 0.3 is 0 Å². The van der Waals surface area contributed by atoms with Crippen LogP contribution in [-0.4, -0.2) is 53.2 Å². The molecule has 174 valence electrons. The third kappa shape index (κ3) is 4.69.